The molecule has 0 radical (unpaired) electrons. The predicted molar refractivity (Wildman–Crippen MR) is 251 cm³/mol. The number of rotatable bonds is 45. The molecule has 0 fully saturated rings. The van der Waals surface area contributed by atoms with Gasteiger partial charge in [-0.15, -0.1) is 0 Å². The minimum atomic E-state index is -4.54. The molecule has 0 heterocycles. The minimum Gasteiger partial charge on any atom is -0.457 e. The minimum absolute atomic E-state index is 0.0303. The molecular formula is C50H89O9P. The van der Waals surface area contributed by atoms with Crippen LogP contribution in [0.25, 0.3) is 0 Å². The fraction of sp³-hybridized carbons (Fsp3) is 0.740. The zero-order chi connectivity index (χ0) is 43.9. The maximum atomic E-state index is 12.6. The topological polar surface area (TPSA) is 132 Å². The lowest BCUT2D eigenvalue weighted by molar-refractivity contribution is -0.154. The Bertz CT molecular complexity index is 1160. The highest BCUT2D eigenvalue weighted by Crippen LogP contribution is 2.43. The van der Waals surface area contributed by atoms with Crippen LogP contribution in [0.5, 0.6) is 0 Å². The van der Waals surface area contributed by atoms with Crippen LogP contribution >= 0.6 is 7.82 Å². The maximum Gasteiger partial charge on any atom is 0.472 e. The van der Waals surface area contributed by atoms with Crippen molar-refractivity contribution in [2.75, 3.05) is 33.0 Å². The first-order valence-electron chi connectivity index (χ1n) is 23.9. The van der Waals surface area contributed by atoms with Crippen LogP contribution in [0.1, 0.15) is 194 Å². The van der Waals surface area contributed by atoms with Gasteiger partial charge < -0.3 is 24.6 Å². The number of unbranched alkanes of at least 4 members (excludes halogenated alkanes) is 19. The predicted octanol–water partition coefficient (Wildman–Crippen LogP) is 13.7. The van der Waals surface area contributed by atoms with Gasteiger partial charge in [-0.25, -0.2) is 4.57 Å². The summed E-state index contributed by atoms with van der Waals surface area (Å²) >= 11 is 0. The summed E-state index contributed by atoms with van der Waals surface area (Å²) in [5.41, 5.74) is 0. The molecule has 0 amide bonds. The second-order valence-electron chi connectivity index (χ2n) is 15.8. The molecule has 0 aromatic heterocycles. The van der Waals surface area contributed by atoms with Crippen molar-refractivity contribution in [3.63, 3.8) is 0 Å². The SMILES string of the molecule is CC/C=C\C/C=C\C/C=C\C/C=C\C/C=C\C/C=C\CCCCC(=O)OC(COCCCCCCCCCCCCCCCCCCCC)COP(=O)(O)OCC(O)CO. The van der Waals surface area contributed by atoms with Crippen molar-refractivity contribution in [1.29, 1.82) is 0 Å². The number of allylic oxidation sites excluding steroid dienone is 12. The maximum absolute atomic E-state index is 12.6. The Labute approximate surface area is 367 Å². The molecule has 0 saturated carbocycles. The number of carbonyl (C=O) groups excluding carboxylic acids is 1. The van der Waals surface area contributed by atoms with E-state index >= 15 is 0 Å². The zero-order valence-corrected chi connectivity index (χ0v) is 39.1. The lowest BCUT2D eigenvalue weighted by atomic mass is 10.0. The normalized spacial score (nSPS) is 14.6. The molecule has 0 rings (SSSR count). The number of phosphoric ester groups is 1. The molecule has 0 aliphatic rings. The Morgan fingerprint density at radius 1 is 0.533 bits per heavy atom. The Morgan fingerprint density at radius 2 is 0.950 bits per heavy atom. The summed E-state index contributed by atoms with van der Waals surface area (Å²) in [6.45, 7) is 3.36. The van der Waals surface area contributed by atoms with Gasteiger partial charge in [0.2, 0.25) is 0 Å². The van der Waals surface area contributed by atoms with Crippen molar-refractivity contribution >= 4 is 13.8 Å². The third kappa shape index (κ3) is 45.4. The fourth-order valence-corrected chi connectivity index (χ4v) is 7.09. The molecule has 0 aliphatic heterocycles. The molecule has 0 aliphatic carbocycles. The Hall–Kier alpha value is -2.10. The van der Waals surface area contributed by atoms with Crippen LogP contribution in [0.2, 0.25) is 0 Å². The third-order valence-corrected chi connectivity index (χ3v) is 10.9. The van der Waals surface area contributed by atoms with Gasteiger partial charge >= 0.3 is 13.8 Å². The second kappa shape index (κ2) is 46.4. The number of hydrogen-bond acceptors (Lipinski definition) is 8. The van der Waals surface area contributed by atoms with Gasteiger partial charge in [0, 0.05) is 13.0 Å². The molecule has 0 aromatic rings. The summed E-state index contributed by atoms with van der Waals surface area (Å²) < 4.78 is 33.4. The van der Waals surface area contributed by atoms with Crippen LogP contribution in [0.4, 0.5) is 0 Å². The first kappa shape index (κ1) is 57.9. The average Bonchev–Trinajstić information content (AvgIpc) is 3.24. The van der Waals surface area contributed by atoms with Gasteiger partial charge in [-0.2, -0.15) is 0 Å². The van der Waals surface area contributed by atoms with E-state index in [1.165, 1.54) is 96.3 Å². The van der Waals surface area contributed by atoms with E-state index in [4.69, 9.17) is 23.6 Å². The van der Waals surface area contributed by atoms with Crippen LogP contribution in [0.15, 0.2) is 72.9 Å². The van der Waals surface area contributed by atoms with E-state index in [1.807, 2.05) is 0 Å². The zero-order valence-electron chi connectivity index (χ0n) is 38.2. The molecule has 0 spiro atoms. The van der Waals surface area contributed by atoms with Crippen LogP contribution in [0, 0.1) is 0 Å². The summed E-state index contributed by atoms with van der Waals surface area (Å²) in [4.78, 5) is 22.6. The number of hydrogen-bond donors (Lipinski definition) is 3. The number of aliphatic hydroxyl groups is 2. The highest BCUT2D eigenvalue weighted by atomic mass is 31.2. The third-order valence-electron chi connectivity index (χ3n) is 9.91. The first-order valence-corrected chi connectivity index (χ1v) is 25.4. The van der Waals surface area contributed by atoms with Gasteiger partial charge in [0.05, 0.1) is 26.4 Å². The van der Waals surface area contributed by atoms with Gasteiger partial charge in [-0.05, 0) is 64.2 Å². The first-order chi connectivity index (χ1) is 29.3. The van der Waals surface area contributed by atoms with Gasteiger partial charge in [0.15, 0.2) is 0 Å². The van der Waals surface area contributed by atoms with E-state index in [2.05, 4.69) is 86.8 Å². The standard InChI is InChI=1S/C50H89O9P/c1-3-5-7-9-11-13-15-17-19-21-23-24-25-26-28-30-32-34-36-38-40-42-50(53)59-49(47-58-60(54,55)57-45-48(52)44-51)46-56-43-41-39-37-35-33-31-29-27-22-20-18-16-14-12-10-8-6-4-2/h5,7,11,13,17,19,23-24,26,28,32,34,48-49,51-52H,3-4,6,8-10,12,14-16,18,20-22,25,27,29-31,33,35-47H2,1-2H3,(H,54,55)/b7-5-,13-11-,19-17-,24-23-,28-26-,34-32-. The van der Waals surface area contributed by atoms with E-state index in [1.54, 1.807) is 0 Å². The monoisotopic (exact) mass is 865 g/mol. The molecule has 3 N–H and O–H groups in total. The van der Waals surface area contributed by atoms with Crippen molar-refractivity contribution in [3.8, 4) is 0 Å². The molecule has 0 aromatic carbocycles. The number of ether oxygens (including phenoxy) is 2. The molecule has 348 valence electrons. The van der Waals surface area contributed by atoms with Gasteiger partial charge in [0.1, 0.15) is 12.2 Å². The van der Waals surface area contributed by atoms with E-state index < -0.39 is 45.8 Å². The lowest BCUT2D eigenvalue weighted by Crippen LogP contribution is -2.29. The molecule has 10 heteroatoms. The van der Waals surface area contributed by atoms with E-state index in [-0.39, 0.29) is 13.0 Å². The highest BCUT2D eigenvalue weighted by Gasteiger charge is 2.26. The van der Waals surface area contributed by atoms with Crippen LogP contribution in [-0.4, -0.2) is 66.3 Å². The summed E-state index contributed by atoms with van der Waals surface area (Å²) in [6.07, 6.45) is 55.8. The summed E-state index contributed by atoms with van der Waals surface area (Å²) in [5.74, 6) is -0.424. The van der Waals surface area contributed by atoms with Crippen molar-refractivity contribution in [3.05, 3.63) is 72.9 Å². The lowest BCUT2D eigenvalue weighted by Gasteiger charge is -2.20. The molecule has 3 atom stereocenters. The smallest absolute Gasteiger partial charge is 0.457 e. The highest BCUT2D eigenvalue weighted by molar-refractivity contribution is 7.47. The molecule has 60 heavy (non-hydrogen) atoms. The van der Waals surface area contributed by atoms with Crippen LogP contribution in [-0.2, 0) is 27.9 Å². The summed E-state index contributed by atoms with van der Waals surface area (Å²) in [7, 11) is -4.54. The number of aliphatic hydroxyl groups excluding tert-OH is 2. The largest absolute Gasteiger partial charge is 0.472 e. The Kier molecular flexibility index (Phi) is 44.8. The van der Waals surface area contributed by atoms with Crippen molar-refractivity contribution in [1.82, 2.24) is 0 Å². The van der Waals surface area contributed by atoms with Crippen molar-refractivity contribution < 1.29 is 43.0 Å². The average molecular weight is 865 g/mol. The summed E-state index contributed by atoms with van der Waals surface area (Å²) in [5, 5.41) is 18.4. The van der Waals surface area contributed by atoms with Gasteiger partial charge in [0.25, 0.3) is 0 Å². The molecule has 0 bridgehead atoms. The summed E-state index contributed by atoms with van der Waals surface area (Å²) in [6, 6.07) is 0. The Morgan fingerprint density at radius 3 is 1.40 bits per heavy atom. The number of phosphoric acid groups is 1. The van der Waals surface area contributed by atoms with Crippen LogP contribution < -0.4 is 0 Å². The van der Waals surface area contributed by atoms with Crippen LogP contribution in [0.3, 0.4) is 0 Å². The quantitative estimate of drug-likeness (QED) is 0.0237. The second-order valence-corrected chi connectivity index (χ2v) is 17.2. The molecular weight excluding hydrogens is 776 g/mol. The fourth-order valence-electron chi connectivity index (χ4n) is 6.30. The number of carbonyl (C=O) groups is 1. The van der Waals surface area contributed by atoms with E-state index in [0.717, 1.165) is 70.6 Å². The molecule has 0 saturated heterocycles. The van der Waals surface area contributed by atoms with Gasteiger partial charge in [-0.1, -0.05) is 196 Å². The van der Waals surface area contributed by atoms with E-state index in [0.29, 0.717) is 13.0 Å². The van der Waals surface area contributed by atoms with Crippen molar-refractivity contribution in [2.45, 2.75) is 206 Å². The number of esters is 1. The van der Waals surface area contributed by atoms with Crippen molar-refractivity contribution in [2.24, 2.45) is 0 Å². The van der Waals surface area contributed by atoms with Gasteiger partial charge in [-0.3, -0.25) is 13.8 Å². The Balaban J connectivity index is 4.21. The molecule has 9 nitrogen and oxygen atoms in total. The molecule has 3 unspecified atom stereocenters. The van der Waals surface area contributed by atoms with E-state index in [9.17, 15) is 19.4 Å².